The number of rotatable bonds is 6. The summed E-state index contributed by atoms with van der Waals surface area (Å²) in [5.74, 6) is -0.763. The van der Waals surface area contributed by atoms with Gasteiger partial charge < -0.3 is 26.4 Å². The van der Waals surface area contributed by atoms with E-state index in [0.717, 1.165) is 0 Å². The monoisotopic (exact) mass is 282 g/mol. The summed E-state index contributed by atoms with van der Waals surface area (Å²) in [5, 5.41) is 30.5. The van der Waals surface area contributed by atoms with Gasteiger partial charge >= 0.3 is 0 Å². The summed E-state index contributed by atoms with van der Waals surface area (Å²) in [6.07, 6.45) is 0.218. The van der Waals surface area contributed by atoms with Crippen molar-refractivity contribution in [2.75, 3.05) is 0 Å². The van der Waals surface area contributed by atoms with Crippen molar-refractivity contribution in [3.63, 3.8) is 0 Å². The van der Waals surface area contributed by atoms with Gasteiger partial charge in [0.15, 0.2) is 11.5 Å². The molecule has 1 aromatic rings. The Morgan fingerprint density at radius 3 is 2.50 bits per heavy atom. The molecule has 0 heterocycles. The van der Waals surface area contributed by atoms with E-state index in [1.165, 1.54) is 12.1 Å². The predicted molar refractivity (Wildman–Crippen MR) is 75.4 cm³/mol. The van der Waals surface area contributed by atoms with Crippen LogP contribution in [0.25, 0.3) is 0 Å². The van der Waals surface area contributed by atoms with Gasteiger partial charge in [-0.3, -0.25) is 4.79 Å². The predicted octanol–water partition coefficient (Wildman–Crippen LogP) is 0.243. The molecule has 0 radical (unpaired) electrons. The number of hydrogen-bond donors (Lipinski definition) is 5. The van der Waals surface area contributed by atoms with Crippen LogP contribution in [0.3, 0.4) is 0 Å². The van der Waals surface area contributed by atoms with Gasteiger partial charge in [0.2, 0.25) is 5.91 Å². The van der Waals surface area contributed by atoms with Crippen LogP contribution in [-0.2, 0) is 11.2 Å². The number of phenolic OH excluding ortho intramolecular Hbond substituents is 2. The van der Waals surface area contributed by atoms with E-state index in [2.05, 4.69) is 5.32 Å². The highest BCUT2D eigenvalue weighted by atomic mass is 16.3. The van der Waals surface area contributed by atoms with Crippen LogP contribution >= 0.6 is 0 Å². The molecular weight excluding hydrogens is 260 g/mol. The Balaban J connectivity index is 2.54. The number of aliphatic hydroxyl groups is 1. The van der Waals surface area contributed by atoms with Crippen LogP contribution in [0.15, 0.2) is 18.2 Å². The average molecular weight is 282 g/mol. The Labute approximate surface area is 118 Å². The first-order valence-electron chi connectivity index (χ1n) is 6.54. The summed E-state index contributed by atoms with van der Waals surface area (Å²) >= 11 is 0. The Morgan fingerprint density at radius 1 is 1.30 bits per heavy atom. The van der Waals surface area contributed by atoms with Crippen LogP contribution in [0.2, 0.25) is 0 Å². The van der Waals surface area contributed by atoms with Crippen molar-refractivity contribution >= 4 is 5.91 Å². The topological polar surface area (TPSA) is 116 Å². The Kier molecular flexibility index (Phi) is 5.79. The maximum atomic E-state index is 11.9. The van der Waals surface area contributed by atoms with Gasteiger partial charge in [0.05, 0.1) is 12.1 Å². The zero-order valence-electron chi connectivity index (χ0n) is 11.7. The van der Waals surface area contributed by atoms with Crippen molar-refractivity contribution in [3.8, 4) is 11.5 Å². The van der Waals surface area contributed by atoms with E-state index in [1.807, 2.05) is 0 Å². The number of nitrogens with two attached hydrogens (primary N) is 1. The highest BCUT2D eigenvalue weighted by Crippen LogP contribution is 2.25. The van der Waals surface area contributed by atoms with Crippen LogP contribution in [0.4, 0.5) is 0 Å². The number of phenols is 2. The first-order chi connectivity index (χ1) is 9.29. The molecule has 0 saturated heterocycles. The van der Waals surface area contributed by atoms with E-state index in [-0.39, 0.29) is 29.9 Å². The Hall–Kier alpha value is -1.79. The van der Waals surface area contributed by atoms with Gasteiger partial charge in [-0.05, 0) is 44.4 Å². The van der Waals surface area contributed by atoms with Gasteiger partial charge in [-0.2, -0.15) is 0 Å². The van der Waals surface area contributed by atoms with Crippen molar-refractivity contribution < 1.29 is 20.1 Å². The largest absolute Gasteiger partial charge is 0.504 e. The quantitative estimate of drug-likeness (QED) is 0.479. The molecule has 1 rings (SSSR count). The maximum Gasteiger partial charge on any atom is 0.237 e. The van der Waals surface area contributed by atoms with Crippen molar-refractivity contribution in [2.45, 2.75) is 44.9 Å². The van der Waals surface area contributed by atoms with E-state index >= 15 is 0 Å². The fourth-order valence-electron chi connectivity index (χ4n) is 1.96. The van der Waals surface area contributed by atoms with E-state index in [4.69, 9.17) is 5.73 Å². The molecule has 1 aromatic carbocycles. The smallest absolute Gasteiger partial charge is 0.237 e. The SMILES string of the molecule is CC(O)CC(C)NC(=O)[C@@H](N)Cc1ccc(O)c(O)c1. The maximum absolute atomic E-state index is 11.9. The highest BCUT2D eigenvalue weighted by molar-refractivity contribution is 5.82. The molecule has 0 aliphatic carbocycles. The number of benzene rings is 1. The Bertz CT molecular complexity index is 462. The van der Waals surface area contributed by atoms with Crippen molar-refractivity contribution in [1.29, 1.82) is 0 Å². The second-order valence-electron chi connectivity index (χ2n) is 5.13. The number of aromatic hydroxyl groups is 2. The summed E-state index contributed by atoms with van der Waals surface area (Å²) in [4.78, 5) is 11.9. The van der Waals surface area contributed by atoms with Crippen molar-refractivity contribution in [1.82, 2.24) is 5.32 Å². The normalized spacial score (nSPS) is 15.4. The lowest BCUT2D eigenvalue weighted by molar-refractivity contribution is -0.123. The van der Waals surface area contributed by atoms with E-state index in [9.17, 15) is 20.1 Å². The molecule has 112 valence electrons. The molecule has 6 heteroatoms. The number of hydrogen-bond acceptors (Lipinski definition) is 5. The summed E-state index contributed by atoms with van der Waals surface area (Å²) in [6, 6.07) is 3.41. The second kappa shape index (κ2) is 7.12. The van der Waals surface area contributed by atoms with Gasteiger partial charge in [0.1, 0.15) is 0 Å². The molecule has 0 aliphatic heterocycles. The third kappa shape index (κ3) is 5.07. The van der Waals surface area contributed by atoms with Crippen LogP contribution in [0, 0.1) is 0 Å². The number of nitrogens with one attached hydrogen (secondary N) is 1. The molecule has 2 unspecified atom stereocenters. The molecule has 0 fully saturated rings. The number of aliphatic hydroxyl groups excluding tert-OH is 1. The number of amides is 1. The standard InChI is InChI=1S/C14H22N2O4/c1-8(5-9(2)17)16-14(20)11(15)6-10-3-4-12(18)13(19)7-10/h3-4,7-9,11,17-19H,5-6,15H2,1-2H3,(H,16,20)/t8?,9?,11-/m0/s1. The molecule has 1 amide bonds. The fraction of sp³-hybridized carbons (Fsp3) is 0.500. The van der Waals surface area contributed by atoms with Gasteiger partial charge in [0.25, 0.3) is 0 Å². The summed E-state index contributed by atoms with van der Waals surface area (Å²) in [5.41, 5.74) is 6.46. The second-order valence-corrected chi connectivity index (χ2v) is 5.13. The molecule has 6 N–H and O–H groups in total. The highest BCUT2D eigenvalue weighted by Gasteiger charge is 2.17. The molecular formula is C14H22N2O4. The van der Waals surface area contributed by atoms with Crippen LogP contribution < -0.4 is 11.1 Å². The lowest BCUT2D eigenvalue weighted by Gasteiger charge is -2.18. The van der Waals surface area contributed by atoms with Crippen molar-refractivity contribution in [3.05, 3.63) is 23.8 Å². The minimum absolute atomic E-state index is 0.165. The number of carbonyl (C=O) groups excluding carboxylic acids is 1. The third-order valence-electron chi connectivity index (χ3n) is 2.92. The van der Waals surface area contributed by atoms with Gasteiger partial charge in [-0.15, -0.1) is 0 Å². The first kappa shape index (κ1) is 16.3. The van der Waals surface area contributed by atoms with Gasteiger partial charge in [-0.1, -0.05) is 6.07 Å². The zero-order chi connectivity index (χ0) is 15.3. The first-order valence-corrected chi connectivity index (χ1v) is 6.54. The molecule has 6 nitrogen and oxygen atoms in total. The van der Waals surface area contributed by atoms with Crippen molar-refractivity contribution in [2.24, 2.45) is 5.73 Å². The molecule has 0 aromatic heterocycles. The Morgan fingerprint density at radius 2 is 1.95 bits per heavy atom. The summed E-state index contributed by atoms with van der Waals surface area (Å²) < 4.78 is 0. The van der Waals surface area contributed by atoms with Crippen LogP contribution in [-0.4, -0.2) is 39.4 Å². The van der Waals surface area contributed by atoms with E-state index in [1.54, 1.807) is 19.9 Å². The molecule has 0 aliphatic rings. The molecule has 3 atom stereocenters. The van der Waals surface area contributed by atoms with Crippen LogP contribution in [0.5, 0.6) is 11.5 Å². The molecule has 20 heavy (non-hydrogen) atoms. The van der Waals surface area contributed by atoms with E-state index in [0.29, 0.717) is 12.0 Å². The van der Waals surface area contributed by atoms with Gasteiger partial charge in [0, 0.05) is 6.04 Å². The minimum atomic E-state index is -0.754. The molecule has 0 bridgehead atoms. The van der Waals surface area contributed by atoms with E-state index < -0.39 is 12.1 Å². The zero-order valence-corrected chi connectivity index (χ0v) is 11.7. The summed E-state index contributed by atoms with van der Waals surface area (Å²) in [6.45, 7) is 3.45. The number of carbonyl (C=O) groups is 1. The molecule has 0 saturated carbocycles. The third-order valence-corrected chi connectivity index (χ3v) is 2.92. The van der Waals surface area contributed by atoms with Gasteiger partial charge in [-0.25, -0.2) is 0 Å². The molecule has 0 spiro atoms. The summed E-state index contributed by atoms with van der Waals surface area (Å²) in [7, 11) is 0. The van der Waals surface area contributed by atoms with Crippen LogP contribution in [0.1, 0.15) is 25.8 Å². The lowest BCUT2D eigenvalue weighted by Crippen LogP contribution is -2.46. The lowest BCUT2D eigenvalue weighted by atomic mass is 10.0. The minimum Gasteiger partial charge on any atom is -0.504 e. The fourth-order valence-corrected chi connectivity index (χ4v) is 1.96. The average Bonchev–Trinajstić information content (AvgIpc) is 2.32.